The van der Waals surface area contributed by atoms with Gasteiger partial charge in [0, 0.05) is 25.2 Å². The molecule has 0 bridgehead atoms. The molecule has 23 heavy (non-hydrogen) atoms. The predicted octanol–water partition coefficient (Wildman–Crippen LogP) is 1.11. The van der Waals surface area contributed by atoms with Gasteiger partial charge in [0.05, 0.1) is 29.9 Å². The minimum Gasteiger partial charge on any atom is -0.368 e. The van der Waals surface area contributed by atoms with Gasteiger partial charge in [0.1, 0.15) is 11.8 Å². The van der Waals surface area contributed by atoms with Gasteiger partial charge < -0.3 is 15.0 Å². The normalized spacial score (nSPS) is 17.8. The lowest BCUT2D eigenvalue weighted by Gasteiger charge is -2.32. The molecule has 0 aliphatic carbocycles. The van der Waals surface area contributed by atoms with Crippen LogP contribution in [0.15, 0.2) is 29.2 Å². The number of rotatable bonds is 3. The van der Waals surface area contributed by atoms with Gasteiger partial charge in [-0.1, -0.05) is 0 Å². The van der Waals surface area contributed by atoms with Crippen molar-refractivity contribution in [3.63, 3.8) is 0 Å². The zero-order valence-corrected chi connectivity index (χ0v) is 13.4. The Labute approximate surface area is 137 Å². The molecule has 3 heterocycles. The third kappa shape index (κ3) is 3.38. The second kappa shape index (κ2) is 6.84. The predicted molar refractivity (Wildman–Crippen MR) is 84.3 cm³/mol. The average Bonchev–Trinajstić information content (AvgIpc) is 3.15. The Morgan fingerprint density at radius 2 is 2.26 bits per heavy atom. The number of pyridine rings is 1. The number of carbonyl (C=O) groups is 2. The summed E-state index contributed by atoms with van der Waals surface area (Å²) >= 11 is 1.40. The topological polar surface area (TPSA) is 84.4 Å². The first kappa shape index (κ1) is 15.6. The molecule has 2 aromatic rings. The molecule has 2 amide bonds. The van der Waals surface area contributed by atoms with Gasteiger partial charge in [-0.2, -0.15) is 0 Å². The van der Waals surface area contributed by atoms with Gasteiger partial charge >= 0.3 is 0 Å². The molecule has 1 aliphatic rings. The highest BCUT2D eigenvalue weighted by molar-refractivity contribution is 7.07. The minimum atomic E-state index is -0.301. The van der Waals surface area contributed by atoms with E-state index in [0.717, 1.165) is 0 Å². The van der Waals surface area contributed by atoms with Crippen molar-refractivity contribution in [3.8, 4) is 0 Å². The molecule has 0 aromatic carbocycles. The molecule has 1 unspecified atom stereocenters. The first-order valence-electron chi connectivity index (χ1n) is 7.16. The second-order valence-corrected chi connectivity index (χ2v) is 5.75. The second-order valence-electron chi connectivity index (χ2n) is 5.04. The molecule has 7 nitrogen and oxygen atoms in total. The Hall–Kier alpha value is -2.32. The van der Waals surface area contributed by atoms with Crippen LogP contribution in [0.1, 0.15) is 32.6 Å². The van der Waals surface area contributed by atoms with E-state index in [9.17, 15) is 9.59 Å². The van der Waals surface area contributed by atoms with E-state index in [4.69, 9.17) is 4.74 Å². The Kier molecular flexibility index (Phi) is 4.63. The third-order valence-electron chi connectivity index (χ3n) is 3.61. The summed E-state index contributed by atoms with van der Waals surface area (Å²) in [7, 11) is 1.57. The maximum atomic E-state index is 12.4. The first-order valence-corrected chi connectivity index (χ1v) is 8.10. The SMILES string of the molecule is CNC(=O)c1ccc(C2CN(C(=O)c3cscn3)CCO2)nc1. The Morgan fingerprint density at radius 1 is 1.39 bits per heavy atom. The minimum absolute atomic E-state index is 0.0958. The molecule has 1 aliphatic heterocycles. The van der Waals surface area contributed by atoms with Crippen molar-refractivity contribution in [1.29, 1.82) is 0 Å². The maximum Gasteiger partial charge on any atom is 0.273 e. The highest BCUT2D eigenvalue weighted by Gasteiger charge is 2.27. The summed E-state index contributed by atoms with van der Waals surface area (Å²) in [5.74, 6) is -0.282. The van der Waals surface area contributed by atoms with Crippen LogP contribution in [-0.2, 0) is 4.74 Å². The number of amides is 2. The van der Waals surface area contributed by atoms with E-state index in [0.29, 0.717) is 36.6 Å². The molecule has 1 atom stereocenters. The van der Waals surface area contributed by atoms with E-state index >= 15 is 0 Å². The number of thiazole rings is 1. The number of hydrogen-bond donors (Lipinski definition) is 1. The lowest BCUT2D eigenvalue weighted by molar-refractivity contribution is -0.0249. The number of carbonyl (C=O) groups excluding carboxylic acids is 2. The van der Waals surface area contributed by atoms with Crippen LogP contribution in [0.3, 0.4) is 0 Å². The van der Waals surface area contributed by atoms with Gasteiger partial charge in [0.15, 0.2) is 0 Å². The highest BCUT2D eigenvalue weighted by atomic mass is 32.1. The summed E-state index contributed by atoms with van der Waals surface area (Å²) in [6.07, 6.45) is 1.21. The van der Waals surface area contributed by atoms with Crippen LogP contribution in [-0.4, -0.2) is 53.4 Å². The van der Waals surface area contributed by atoms with E-state index in [1.165, 1.54) is 17.5 Å². The molecule has 1 saturated heterocycles. The monoisotopic (exact) mass is 332 g/mol. The van der Waals surface area contributed by atoms with Gasteiger partial charge in [-0.3, -0.25) is 14.6 Å². The molecular formula is C15H16N4O3S. The van der Waals surface area contributed by atoms with Gasteiger partial charge in [-0.05, 0) is 12.1 Å². The number of nitrogens with zero attached hydrogens (tertiary/aromatic N) is 3. The summed E-state index contributed by atoms with van der Waals surface area (Å²) in [5, 5.41) is 4.29. The fraction of sp³-hybridized carbons (Fsp3) is 0.333. The van der Waals surface area contributed by atoms with Gasteiger partial charge in [0.2, 0.25) is 0 Å². The summed E-state index contributed by atoms with van der Waals surface area (Å²) in [6.45, 7) is 1.39. The van der Waals surface area contributed by atoms with Crippen LogP contribution in [0.4, 0.5) is 0 Å². The molecular weight excluding hydrogens is 316 g/mol. The molecule has 2 aromatic heterocycles. The van der Waals surface area contributed by atoms with Gasteiger partial charge in [0.25, 0.3) is 11.8 Å². The zero-order chi connectivity index (χ0) is 16.2. The molecule has 1 fully saturated rings. The summed E-state index contributed by atoms with van der Waals surface area (Å²) in [6, 6.07) is 3.46. The fourth-order valence-corrected chi connectivity index (χ4v) is 2.89. The average molecular weight is 332 g/mol. The molecule has 1 N–H and O–H groups in total. The van der Waals surface area contributed by atoms with Crippen LogP contribution in [0, 0.1) is 0 Å². The molecule has 0 radical (unpaired) electrons. The lowest BCUT2D eigenvalue weighted by Crippen LogP contribution is -2.42. The third-order valence-corrected chi connectivity index (χ3v) is 4.20. The standard InChI is InChI=1S/C15H16N4O3S/c1-16-14(20)10-2-3-11(17-6-10)13-7-19(4-5-22-13)15(21)12-8-23-9-18-12/h2-3,6,8-9,13H,4-5,7H2,1H3,(H,16,20). The van der Waals surface area contributed by atoms with Gasteiger partial charge in [-0.15, -0.1) is 11.3 Å². The fourth-order valence-electron chi connectivity index (χ4n) is 2.37. The van der Waals surface area contributed by atoms with Crippen molar-refractivity contribution in [1.82, 2.24) is 20.2 Å². The smallest absolute Gasteiger partial charge is 0.273 e. The van der Waals surface area contributed by atoms with Crippen molar-refractivity contribution in [2.75, 3.05) is 26.7 Å². The highest BCUT2D eigenvalue weighted by Crippen LogP contribution is 2.22. The lowest BCUT2D eigenvalue weighted by atomic mass is 10.1. The van der Waals surface area contributed by atoms with E-state index in [1.54, 1.807) is 35.0 Å². The Balaban J connectivity index is 1.71. The van der Waals surface area contributed by atoms with Crippen molar-refractivity contribution >= 4 is 23.2 Å². The number of hydrogen-bond acceptors (Lipinski definition) is 6. The van der Waals surface area contributed by atoms with E-state index < -0.39 is 0 Å². The first-order chi connectivity index (χ1) is 11.2. The van der Waals surface area contributed by atoms with Crippen molar-refractivity contribution < 1.29 is 14.3 Å². The molecule has 0 spiro atoms. The van der Waals surface area contributed by atoms with Crippen LogP contribution in [0.2, 0.25) is 0 Å². The molecule has 120 valence electrons. The molecule has 3 rings (SSSR count). The summed E-state index contributed by atoms with van der Waals surface area (Å²) in [5.41, 5.74) is 3.29. The number of morpholine rings is 1. The summed E-state index contributed by atoms with van der Waals surface area (Å²) in [4.78, 5) is 34.0. The molecule has 0 saturated carbocycles. The Bertz CT molecular complexity index is 687. The van der Waals surface area contributed by atoms with Crippen molar-refractivity contribution in [2.45, 2.75) is 6.10 Å². The Morgan fingerprint density at radius 3 is 2.91 bits per heavy atom. The number of ether oxygens (including phenoxy) is 1. The van der Waals surface area contributed by atoms with Crippen LogP contribution in [0.5, 0.6) is 0 Å². The molecule has 8 heteroatoms. The van der Waals surface area contributed by atoms with E-state index in [1.807, 2.05) is 0 Å². The van der Waals surface area contributed by atoms with Crippen LogP contribution < -0.4 is 5.32 Å². The van der Waals surface area contributed by atoms with Crippen molar-refractivity contribution in [3.05, 3.63) is 46.2 Å². The maximum absolute atomic E-state index is 12.4. The van der Waals surface area contributed by atoms with Gasteiger partial charge in [-0.25, -0.2) is 4.98 Å². The van der Waals surface area contributed by atoms with E-state index in [-0.39, 0.29) is 17.9 Å². The largest absolute Gasteiger partial charge is 0.368 e. The number of aromatic nitrogens is 2. The summed E-state index contributed by atoms with van der Waals surface area (Å²) < 4.78 is 5.71. The van der Waals surface area contributed by atoms with Crippen LogP contribution >= 0.6 is 11.3 Å². The van der Waals surface area contributed by atoms with E-state index in [2.05, 4.69) is 15.3 Å². The quantitative estimate of drug-likeness (QED) is 0.910. The number of nitrogens with one attached hydrogen (secondary N) is 1. The van der Waals surface area contributed by atoms with Crippen molar-refractivity contribution in [2.24, 2.45) is 0 Å². The zero-order valence-electron chi connectivity index (χ0n) is 12.6. The van der Waals surface area contributed by atoms with Crippen LogP contribution in [0.25, 0.3) is 0 Å².